The number of nitrogens with one attached hydrogen (secondary N) is 1. The first-order valence-electron chi connectivity index (χ1n) is 6.73. The molecule has 2 rings (SSSR count). The van der Waals surface area contributed by atoms with Gasteiger partial charge in [-0.3, -0.25) is 9.78 Å². The van der Waals surface area contributed by atoms with Crippen molar-refractivity contribution in [1.82, 2.24) is 4.98 Å². The van der Waals surface area contributed by atoms with Gasteiger partial charge in [-0.2, -0.15) is 13.2 Å². The van der Waals surface area contributed by atoms with E-state index in [0.717, 1.165) is 30.3 Å². The van der Waals surface area contributed by atoms with E-state index in [0.29, 0.717) is 17.5 Å². The average molecular weight is 377 g/mol. The van der Waals surface area contributed by atoms with E-state index in [-0.39, 0.29) is 12.9 Å². The Kier molecular flexibility index (Phi) is 5.39. The molecule has 1 aromatic carbocycles. The van der Waals surface area contributed by atoms with Gasteiger partial charge in [0.1, 0.15) is 0 Å². The Labute approximate surface area is 135 Å². The van der Waals surface area contributed by atoms with Gasteiger partial charge in [0.2, 0.25) is 5.91 Å². The minimum Gasteiger partial charge on any atom is -0.325 e. The zero-order chi connectivity index (χ0) is 16.2. The van der Waals surface area contributed by atoms with E-state index >= 15 is 0 Å². The number of pyridine rings is 1. The molecule has 0 aliphatic rings. The minimum atomic E-state index is -4.41. The molecule has 0 aliphatic carbocycles. The summed E-state index contributed by atoms with van der Waals surface area (Å²) in [7, 11) is 0. The highest BCUT2D eigenvalue weighted by Crippen LogP contribution is 2.32. The summed E-state index contributed by atoms with van der Waals surface area (Å²) in [5.74, 6) is -0.159. The fourth-order valence-electron chi connectivity index (χ4n) is 2.03. The molecule has 0 bridgehead atoms. The number of anilines is 1. The van der Waals surface area contributed by atoms with Gasteiger partial charge in [-0.15, -0.1) is 0 Å². The van der Waals surface area contributed by atoms with Gasteiger partial charge in [-0.05, 0) is 31.0 Å². The van der Waals surface area contributed by atoms with Gasteiger partial charge >= 0.3 is 6.18 Å². The van der Waals surface area contributed by atoms with E-state index in [1.165, 1.54) is 12.3 Å². The third-order valence-corrected chi connectivity index (χ3v) is 3.69. The first-order chi connectivity index (χ1) is 10.4. The van der Waals surface area contributed by atoms with E-state index < -0.39 is 11.7 Å². The summed E-state index contributed by atoms with van der Waals surface area (Å²) in [6.07, 6.45) is -1.02. The summed E-state index contributed by atoms with van der Waals surface area (Å²) in [4.78, 5) is 15.8. The number of carbonyl (C=O) groups is 1. The molecule has 0 unspecified atom stereocenters. The number of fused-ring (bicyclic) bond motifs is 1. The molecule has 0 radical (unpaired) electrons. The zero-order valence-electron chi connectivity index (χ0n) is 11.6. The quantitative estimate of drug-likeness (QED) is 0.588. The van der Waals surface area contributed by atoms with Crippen molar-refractivity contribution < 1.29 is 19.4 Å². The maximum Gasteiger partial charge on any atom is 0.416 e. The van der Waals surface area contributed by atoms with E-state index in [1.54, 1.807) is 6.07 Å². The molecule has 120 valence electrons. The molecule has 2 aromatic rings. The molecule has 1 heterocycles. The molecular formula is C15H16BrF3N2O. The highest BCUT2D eigenvalue weighted by Gasteiger charge is 2.30. The number of unbranched alkanes of at least 4 members (excludes halogenated alkanes) is 1. The van der Waals surface area contributed by atoms with Crippen LogP contribution in [0.1, 0.15) is 26.3 Å². The van der Waals surface area contributed by atoms with E-state index in [4.69, 9.17) is 0 Å². The topological polar surface area (TPSA) is 42.0 Å². The molecular weight excluding hydrogens is 361 g/mol. The third-order valence-electron chi connectivity index (χ3n) is 3.13. The third kappa shape index (κ3) is 4.19. The molecule has 0 spiro atoms. The normalized spacial score (nSPS) is 11.6. The number of rotatable bonds is 5. The Hall–Kier alpha value is -1.63. The Morgan fingerprint density at radius 2 is 2.05 bits per heavy atom. The van der Waals surface area contributed by atoms with Gasteiger partial charge in [-0.25, -0.2) is 0 Å². The maximum absolute atomic E-state index is 12.7. The smallest absolute Gasteiger partial charge is 0.325 e. The SMILES string of the molecule is O=C(CCCCBr)Nc1ccnc2cc(C(F)(F)F)ccc12.[HH]. The molecule has 0 atom stereocenters. The van der Waals surface area contributed by atoms with Crippen LogP contribution >= 0.6 is 15.9 Å². The number of hydrogen-bond acceptors (Lipinski definition) is 2. The summed E-state index contributed by atoms with van der Waals surface area (Å²) in [6, 6.07) is 4.89. The van der Waals surface area contributed by atoms with Crippen molar-refractivity contribution in [3.63, 3.8) is 0 Å². The number of benzene rings is 1. The summed E-state index contributed by atoms with van der Waals surface area (Å²) < 4.78 is 38.1. The van der Waals surface area contributed by atoms with Crippen molar-refractivity contribution in [1.29, 1.82) is 0 Å². The van der Waals surface area contributed by atoms with Gasteiger partial charge in [0, 0.05) is 24.8 Å². The average Bonchev–Trinajstić information content (AvgIpc) is 2.46. The number of nitrogens with zero attached hydrogens (tertiary/aromatic N) is 1. The van der Waals surface area contributed by atoms with Crippen LogP contribution in [0, 0.1) is 0 Å². The lowest BCUT2D eigenvalue weighted by molar-refractivity contribution is -0.137. The van der Waals surface area contributed by atoms with Gasteiger partial charge in [-0.1, -0.05) is 22.0 Å². The van der Waals surface area contributed by atoms with Gasteiger partial charge in [0.15, 0.2) is 0 Å². The van der Waals surface area contributed by atoms with Crippen LogP contribution in [0.3, 0.4) is 0 Å². The molecule has 3 nitrogen and oxygen atoms in total. The minimum absolute atomic E-state index is 0. The summed E-state index contributed by atoms with van der Waals surface area (Å²) in [6.45, 7) is 0. The molecule has 0 aliphatic heterocycles. The highest BCUT2D eigenvalue weighted by atomic mass is 79.9. The Balaban J connectivity index is 0.00000264. The summed E-state index contributed by atoms with van der Waals surface area (Å²) in [5.41, 5.74) is -0.0797. The van der Waals surface area contributed by atoms with Crippen LogP contribution in [0.15, 0.2) is 30.5 Å². The maximum atomic E-state index is 12.7. The first kappa shape index (κ1) is 16.7. The van der Waals surface area contributed by atoms with Crippen LogP contribution in [-0.2, 0) is 11.0 Å². The highest BCUT2D eigenvalue weighted by molar-refractivity contribution is 9.09. The number of halogens is 4. The molecule has 0 saturated carbocycles. The predicted octanol–water partition coefficient (Wildman–Crippen LogP) is 5.00. The van der Waals surface area contributed by atoms with Crippen LogP contribution in [-0.4, -0.2) is 16.2 Å². The summed E-state index contributed by atoms with van der Waals surface area (Å²) in [5, 5.41) is 4.05. The van der Waals surface area contributed by atoms with Gasteiger partial charge in [0.25, 0.3) is 0 Å². The Bertz CT molecular complexity index is 679. The molecule has 7 heteroatoms. The van der Waals surface area contributed by atoms with Crippen molar-refractivity contribution >= 4 is 38.4 Å². The van der Waals surface area contributed by atoms with Crippen molar-refractivity contribution in [2.75, 3.05) is 10.6 Å². The molecule has 1 N–H and O–H groups in total. The second kappa shape index (κ2) is 7.09. The van der Waals surface area contributed by atoms with Crippen LogP contribution in [0.4, 0.5) is 18.9 Å². The lowest BCUT2D eigenvalue weighted by Gasteiger charge is -2.11. The Morgan fingerprint density at radius 1 is 1.27 bits per heavy atom. The lowest BCUT2D eigenvalue weighted by atomic mass is 10.1. The van der Waals surface area contributed by atoms with E-state index in [1.807, 2.05) is 0 Å². The van der Waals surface area contributed by atoms with Gasteiger partial charge in [0.05, 0.1) is 16.8 Å². The van der Waals surface area contributed by atoms with Crippen LogP contribution < -0.4 is 5.32 Å². The number of aromatic nitrogens is 1. The lowest BCUT2D eigenvalue weighted by Crippen LogP contribution is -2.12. The number of alkyl halides is 4. The number of carbonyl (C=O) groups excluding carboxylic acids is 1. The summed E-state index contributed by atoms with van der Waals surface area (Å²) >= 11 is 3.29. The molecule has 1 amide bonds. The predicted molar refractivity (Wildman–Crippen MR) is 85.1 cm³/mol. The number of amides is 1. The second-order valence-corrected chi connectivity index (χ2v) is 5.58. The number of hydrogen-bond donors (Lipinski definition) is 1. The molecule has 0 fully saturated rings. The van der Waals surface area contributed by atoms with Crippen molar-refractivity contribution in [3.05, 3.63) is 36.0 Å². The van der Waals surface area contributed by atoms with Crippen molar-refractivity contribution in [3.8, 4) is 0 Å². The first-order valence-corrected chi connectivity index (χ1v) is 7.86. The fourth-order valence-corrected chi connectivity index (χ4v) is 2.42. The van der Waals surface area contributed by atoms with Crippen LogP contribution in [0.5, 0.6) is 0 Å². The van der Waals surface area contributed by atoms with E-state index in [2.05, 4.69) is 26.2 Å². The van der Waals surface area contributed by atoms with Crippen molar-refractivity contribution in [2.45, 2.75) is 25.4 Å². The van der Waals surface area contributed by atoms with Gasteiger partial charge < -0.3 is 5.32 Å². The zero-order valence-corrected chi connectivity index (χ0v) is 13.2. The Morgan fingerprint density at radius 3 is 2.73 bits per heavy atom. The largest absolute Gasteiger partial charge is 0.416 e. The fraction of sp³-hybridized carbons (Fsp3) is 0.333. The van der Waals surface area contributed by atoms with E-state index in [9.17, 15) is 18.0 Å². The van der Waals surface area contributed by atoms with Crippen molar-refractivity contribution in [2.24, 2.45) is 0 Å². The standard InChI is InChI=1S/C15H14BrF3N2O.H2/c16-7-2-1-3-14(22)21-12-6-8-20-13-9-10(15(17,18)19)4-5-11(12)13;/h4-6,8-9H,1-3,7H2,(H,20,21,22);1H. The molecule has 0 saturated heterocycles. The monoisotopic (exact) mass is 376 g/mol. The van der Waals surface area contributed by atoms with Crippen LogP contribution in [0.25, 0.3) is 10.9 Å². The van der Waals surface area contributed by atoms with Crippen LogP contribution in [0.2, 0.25) is 0 Å². The molecule has 22 heavy (non-hydrogen) atoms. The second-order valence-electron chi connectivity index (χ2n) is 4.78. The molecule has 1 aromatic heterocycles.